The minimum absolute atomic E-state index is 0.924. The summed E-state index contributed by atoms with van der Waals surface area (Å²) in [5.41, 5.74) is 9.05. The number of nitrogens with one attached hydrogen (secondary N) is 1. The summed E-state index contributed by atoms with van der Waals surface area (Å²) in [6, 6.07) is 38.6. The highest BCUT2D eigenvalue weighted by Gasteiger charge is 2.12. The molecule has 32 heavy (non-hydrogen) atoms. The average molecular weight is 409 g/mol. The van der Waals surface area contributed by atoms with Crippen LogP contribution in [0.15, 0.2) is 114 Å². The van der Waals surface area contributed by atoms with Gasteiger partial charge in [0, 0.05) is 32.6 Å². The number of rotatable bonds is 2. The van der Waals surface area contributed by atoms with Crippen LogP contribution >= 0.6 is 0 Å². The lowest BCUT2D eigenvalue weighted by molar-refractivity contribution is 0.669. The molecule has 0 aliphatic carbocycles. The number of H-pyrrole nitrogens is 1. The van der Waals surface area contributed by atoms with Gasteiger partial charge >= 0.3 is 0 Å². The summed E-state index contributed by atoms with van der Waals surface area (Å²) >= 11 is 0. The molecule has 0 saturated carbocycles. The maximum Gasteiger partial charge on any atom is 0.135 e. The van der Waals surface area contributed by atoms with E-state index in [0.717, 1.165) is 21.9 Å². The number of benzene rings is 5. The molecular weight excluding hydrogens is 390 g/mol. The Balaban J connectivity index is 1.45. The van der Waals surface area contributed by atoms with E-state index < -0.39 is 0 Å². The largest absolute Gasteiger partial charge is 0.456 e. The molecule has 0 saturated heterocycles. The smallest absolute Gasteiger partial charge is 0.135 e. The molecule has 5 aromatic carbocycles. The minimum Gasteiger partial charge on any atom is -0.456 e. The third kappa shape index (κ3) is 2.53. The number of aromatic nitrogens is 1. The number of aromatic amines is 1. The molecule has 2 aromatic heterocycles. The molecule has 2 heteroatoms. The number of para-hydroxylation sites is 2. The van der Waals surface area contributed by atoms with Crippen LogP contribution < -0.4 is 0 Å². The van der Waals surface area contributed by atoms with E-state index in [1.54, 1.807) is 0 Å². The highest BCUT2D eigenvalue weighted by atomic mass is 16.3. The fourth-order valence-electron chi connectivity index (χ4n) is 4.90. The Morgan fingerprint density at radius 2 is 1.03 bits per heavy atom. The van der Waals surface area contributed by atoms with Crippen LogP contribution in [0.4, 0.5) is 0 Å². The van der Waals surface area contributed by atoms with E-state index in [0.29, 0.717) is 0 Å². The summed E-state index contributed by atoms with van der Waals surface area (Å²) in [6.45, 7) is 0. The summed E-state index contributed by atoms with van der Waals surface area (Å²) in [6.07, 6.45) is 0. The molecule has 0 aliphatic rings. The first-order valence-corrected chi connectivity index (χ1v) is 10.9. The molecule has 0 spiro atoms. The summed E-state index contributed by atoms with van der Waals surface area (Å²) < 4.78 is 6.03. The molecule has 150 valence electrons. The number of furan rings is 1. The number of hydrogen-bond donors (Lipinski definition) is 1. The van der Waals surface area contributed by atoms with Gasteiger partial charge in [0.25, 0.3) is 0 Å². The quantitative estimate of drug-likeness (QED) is 0.304. The van der Waals surface area contributed by atoms with Crippen LogP contribution in [0.2, 0.25) is 0 Å². The normalized spacial score (nSPS) is 11.8. The summed E-state index contributed by atoms with van der Waals surface area (Å²) in [5, 5.41) is 4.82. The Kier molecular flexibility index (Phi) is 3.58. The van der Waals surface area contributed by atoms with Crippen molar-refractivity contribution in [3.63, 3.8) is 0 Å². The second-order valence-electron chi connectivity index (χ2n) is 8.29. The van der Waals surface area contributed by atoms with E-state index in [1.165, 1.54) is 44.1 Å². The average Bonchev–Trinajstić information content (AvgIpc) is 3.41. The Bertz CT molecular complexity index is 1650. The van der Waals surface area contributed by atoms with E-state index in [1.807, 2.05) is 12.1 Å². The van der Waals surface area contributed by atoms with Crippen molar-refractivity contribution in [2.24, 2.45) is 0 Å². The minimum atomic E-state index is 0.924. The third-order valence-electron chi connectivity index (χ3n) is 6.43. The maximum absolute atomic E-state index is 6.03. The predicted molar refractivity (Wildman–Crippen MR) is 134 cm³/mol. The number of hydrogen-bond acceptors (Lipinski definition) is 1. The van der Waals surface area contributed by atoms with Crippen molar-refractivity contribution < 1.29 is 4.42 Å². The molecule has 2 heterocycles. The van der Waals surface area contributed by atoms with Crippen LogP contribution in [0.25, 0.3) is 66.0 Å². The fourth-order valence-corrected chi connectivity index (χ4v) is 4.90. The van der Waals surface area contributed by atoms with Crippen LogP contribution in [0.3, 0.4) is 0 Å². The zero-order valence-electron chi connectivity index (χ0n) is 17.3. The van der Waals surface area contributed by atoms with Crippen LogP contribution in [0, 0.1) is 0 Å². The summed E-state index contributed by atoms with van der Waals surface area (Å²) in [7, 11) is 0. The lowest BCUT2D eigenvalue weighted by Gasteiger charge is -2.11. The van der Waals surface area contributed by atoms with Crippen molar-refractivity contribution in [3.05, 3.63) is 109 Å². The highest BCUT2D eigenvalue weighted by molar-refractivity contribution is 6.09. The maximum atomic E-state index is 6.03. The van der Waals surface area contributed by atoms with Crippen molar-refractivity contribution in [1.82, 2.24) is 4.98 Å². The summed E-state index contributed by atoms with van der Waals surface area (Å²) in [5.74, 6) is 0. The molecule has 2 nitrogen and oxygen atoms in total. The van der Waals surface area contributed by atoms with Gasteiger partial charge in [-0.3, -0.25) is 0 Å². The molecule has 7 rings (SSSR count). The molecule has 0 unspecified atom stereocenters. The van der Waals surface area contributed by atoms with Gasteiger partial charge in [-0.15, -0.1) is 0 Å². The van der Waals surface area contributed by atoms with Gasteiger partial charge in [0.1, 0.15) is 11.2 Å². The van der Waals surface area contributed by atoms with Gasteiger partial charge in [0.05, 0.1) is 0 Å². The van der Waals surface area contributed by atoms with Crippen LogP contribution in [-0.2, 0) is 0 Å². The van der Waals surface area contributed by atoms with E-state index in [-0.39, 0.29) is 0 Å². The van der Waals surface area contributed by atoms with Crippen molar-refractivity contribution in [2.75, 3.05) is 0 Å². The van der Waals surface area contributed by atoms with Crippen LogP contribution in [0.1, 0.15) is 0 Å². The molecule has 0 aliphatic heterocycles. The van der Waals surface area contributed by atoms with E-state index in [9.17, 15) is 0 Å². The molecule has 0 bridgehead atoms. The third-order valence-corrected chi connectivity index (χ3v) is 6.43. The Morgan fingerprint density at radius 3 is 1.88 bits per heavy atom. The monoisotopic (exact) mass is 409 g/mol. The van der Waals surface area contributed by atoms with Gasteiger partial charge in [0.15, 0.2) is 0 Å². The second-order valence-corrected chi connectivity index (χ2v) is 8.29. The van der Waals surface area contributed by atoms with Crippen molar-refractivity contribution in [3.8, 4) is 22.3 Å². The zero-order chi connectivity index (χ0) is 21.1. The highest BCUT2D eigenvalue weighted by Crippen LogP contribution is 2.38. The van der Waals surface area contributed by atoms with Crippen LogP contribution in [0.5, 0.6) is 0 Å². The fraction of sp³-hybridized carbons (Fsp3) is 0. The number of fused-ring (bicyclic) bond motifs is 6. The topological polar surface area (TPSA) is 28.9 Å². The van der Waals surface area contributed by atoms with Gasteiger partial charge in [-0.2, -0.15) is 0 Å². The Hall–Kier alpha value is -4.30. The first-order chi connectivity index (χ1) is 15.8. The van der Waals surface area contributed by atoms with Crippen molar-refractivity contribution in [2.45, 2.75) is 0 Å². The Labute approximate surface area is 184 Å². The SMILES string of the molecule is c1ccc(-c2ccc3oc4ccccc4c3c2)c(-c2ccc3[nH]c4ccccc4c3c2)c1. The molecule has 1 N–H and O–H groups in total. The van der Waals surface area contributed by atoms with Gasteiger partial charge in [-0.05, 0) is 58.7 Å². The van der Waals surface area contributed by atoms with E-state index in [4.69, 9.17) is 4.42 Å². The Morgan fingerprint density at radius 1 is 0.438 bits per heavy atom. The first kappa shape index (κ1) is 17.4. The van der Waals surface area contributed by atoms with Gasteiger partial charge < -0.3 is 9.40 Å². The molecule has 0 fully saturated rings. The van der Waals surface area contributed by atoms with E-state index in [2.05, 4.69) is 102 Å². The lowest BCUT2D eigenvalue weighted by atomic mass is 9.93. The van der Waals surface area contributed by atoms with Crippen molar-refractivity contribution >= 4 is 43.7 Å². The molecule has 0 atom stereocenters. The second kappa shape index (κ2) is 6.60. The van der Waals surface area contributed by atoms with Gasteiger partial charge in [-0.1, -0.05) is 72.8 Å². The summed E-state index contributed by atoms with van der Waals surface area (Å²) in [4.78, 5) is 3.53. The molecule has 0 radical (unpaired) electrons. The van der Waals surface area contributed by atoms with E-state index >= 15 is 0 Å². The molecular formula is C30H19NO. The lowest BCUT2D eigenvalue weighted by Crippen LogP contribution is -1.85. The molecule has 0 amide bonds. The van der Waals surface area contributed by atoms with Crippen LogP contribution in [-0.4, -0.2) is 4.98 Å². The molecule has 7 aromatic rings. The van der Waals surface area contributed by atoms with Crippen molar-refractivity contribution in [1.29, 1.82) is 0 Å². The standard InChI is InChI=1S/C30H19NO/c1-2-8-22(20-14-16-30-26(18-20)24-10-4-6-12-29(24)32-30)21(7-1)19-13-15-28-25(17-19)23-9-3-5-11-27(23)31-28/h1-18,31H. The zero-order valence-corrected chi connectivity index (χ0v) is 17.3. The first-order valence-electron chi connectivity index (χ1n) is 10.9. The predicted octanol–water partition coefficient (Wildman–Crippen LogP) is 8.55. The van der Waals surface area contributed by atoms with Gasteiger partial charge in [-0.25, -0.2) is 0 Å². The van der Waals surface area contributed by atoms with Gasteiger partial charge in [0.2, 0.25) is 0 Å².